The van der Waals surface area contributed by atoms with Gasteiger partial charge in [0.2, 0.25) is 0 Å². The summed E-state index contributed by atoms with van der Waals surface area (Å²) in [6.45, 7) is 6.18. The van der Waals surface area contributed by atoms with Crippen LogP contribution in [0.2, 0.25) is 0 Å². The number of alkyl carbamates (subject to hydrolysis) is 1. The van der Waals surface area contributed by atoms with Gasteiger partial charge in [-0.05, 0) is 56.4 Å². The van der Waals surface area contributed by atoms with Crippen LogP contribution >= 0.6 is 0 Å². The number of rotatable bonds is 10. The normalized spacial score (nSPS) is 12.4. The van der Waals surface area contributed by atoms with E-state index in [4.69, 9.17) is 15.3 Å². The third-order valence-electron chi connectivity index (χ3n) is 5.25. The van der Waals surface area contributed by atoms with Gasteiger partial charge in [-0.1, -0.05) is 42.5 Å². The molecule has 2 aromatic carbocycles. The molecule has 0 saturated carbocycles. The number of carbonyl (C=O) groups excluding carboxylic acids is 2. The van der Waals surface area contributed by atoms with Crippen LogP contribution in [0.25, 0.3) is 10.9 Å². The summed E-state index contributed by atoms with van der Waals surface area (Å²) in [6.07, 6.45) is 3.02. The van der Waals surface area contributed by atoms with E-state index in [1.165, 1.54) is 5.56 Å². The van der Waals surface area contributed by atoms with Gasteiger partial charge in [0.15, 0.2) is 0 Å². The van der Waals surface area contributed by atoms with Gasteiger partial charge in [0.1, 0.15) is 11.6 Å². The Kier molecular flexibility index (Phi) is 8.67. The first-order valence-corrected chi connectivity index (χ1v) is 11.5. The van der Waals surface area contributed by atoms with Crippen molar-refractivity contribution < 1.29 is 19.2 Å². The van der Waals surface area contributed by atoms with Crippen molar-refractivity contribution in [1.82, 2.24) is 15.8 Å². The highest BCUT2D eigenvalue weighted by molar-refractivity contribution is 5.87. The summed E-state index contributed by atoms with van der Waals surface area (Å²) in [5.41, 5.74) is 11.6. The maximum absolute atomic E-state index is 12.9. The third-order valence-corrected chi connectivity index (χ3v) is 5.25. The number of nitrogens with one attached hydrogen (secondary N) is 3. The van der Waals surface area contributed by atoms with Crippen molar-refractivity contribution in [2.75, 3.05) is 6.61 Å². The van der Waals surface area contributed by atoms with Crippen molar-refractivity contribution in [1.29, 1.82) is 0 Å². The molecule has 0 aliphatic heterocycles. The number of amides is 2. The maximum Gasteiger partial charge on any atom is 0.408 e. The van der Waals surface area contributed by atoms with Crippen LogP contribution in [0.5, 0.6) is 0 Å². The molecule has 34 heavy (non-hydrogen) atoms. The van der Waals surface area contributed by atoms with Gasteiger partial charge in [-0.15, -0.1) is 0 Å². The van der Waals surface area contributed by atoms with Crippen molar-refractivity contribution >= 4 is 22.9 Å². The Balaban J connectivity index is 1.56. The summed E-state index contributed by atoms with van der Waals surface area (Å²) in [6, 6.07) is 15.0. The zero-order valence-electron chi connectivity index (χ0n) is 20.0. The molecule has 3 rings (SSSR count). The van der Waals surface area contributed by atoms with Gasteiger partial charge >= 0.3 is 6.09 Å². The van der Waals surface area contributed by atoms with Crippen LogP contribution in [0.15, 0.2) is 54.7 Å². The fourth-order valence-corrected chi connectivity index (χ4v) is 3.56. The Morgan fingerprint density at radius 3 is 2.47 bits per heavy atom. The summed E-state index contributed by atoms with van der Waals surface area (Å²) < 4.78 is 5.35. The number of aromatic amines is 1. The van der Waals surface area contributed by atoms with Crippen molar-refractivity contribution in [2.24, 2.45) is 5.73 Å². The predicted molar refractivity (Wildman–Crippen MR) is 132 cm³/mol. The Bertz CT molecular complexity index is 1090. The first-order valence-electron chi connectivity index (χ1n) is 11.5. The Morgan fingerprint density at radius 2 is 1.76 bits per heavy atom. The molecule has 3 aromatic rings. The molecule has 0 radical (unpaired) electrons. The van der Waals surface area contributed by atoms with E-state index < -0.39 is 23.6 Å². The van der Waals surface area contributed by atoms with E-state index >= 15 is 0 Å². The number of para-hydroxylation sites is 1. The van der Waals surface area contributed by atoms with E-state index in [9.17, 15) is 9.59 Å². The largest absolute Gasteiger partial charge is 0.444 e. The van der Waals surface area contributed by atoms with Gasteiger partial charge in [0.25, 0.3) is 5.91 Å². The molecule has 8 heteroatoms. The second-order valence-corrected chi connectivity index (χ2v) is 9.20. The summed E-state index contributed by atoms with van der Waals surface area (Å²) in [5, 5.41) is 3.67. The van der Waals surface area contributed by atoms with Crippen LogP contribution in [-0.4, -0.2) is 35.2 Å². The van der Waals surface area contributed by atoms with Crippen molar-refractivity contribution in [3.05, 3.63) is 71.4 Å². The van der Waals surface area contributed by atoms with E-state index in [1.807, 2.05) is 54.7 Å². The molecule has 0 bridgehead atoms. The zero-order valence-corrected chi connectivity index (χ0v) is 20.0. The number of benzene rings is 2. The molecule has 182 valence electrons. The quantitative estimate of drug-likeness (QED) is 0.268. The standard InChI is InChI=1S/C26H34N4O4/c1-26(2,3)34-25(32)29-23(15-20-17-28-22-9-5-4-8-21(20)22)24(31)30-33-14-6-7-18-10-12-19(16-27)13-11-18/h4-5,8-13,17,23,28H,6-7,14-16,27H2,1-3H3,(H,29,32)(H,30,31). The van der Waals surface area contributed by atoms with Crippen molar-refractivity contribution in [3.63, 3.8) is 0 Å². The number of hydroxylamine groups is 1. The van der Waals surface area contributed by atoms with Gasteiger partial charge < -0.3 is 20.8 Å². The molecule has 0 fully saturated rings. The molecular formula is C26H34N4O4. The zero-order chi connectivity index (χ0) is 24.6. The summed E-state index contributed by atoms with van der Waals surface area (Å²) in [5.74, 6) is -0.441. The average molecular weight is 467 g/mol. The molecule has 1 unspecified atom stereocenters. The lowest BCUT2D eigenvalue weighted by molar-refractivity contribution is -0.135. The summed E-state index contributed by atoms with van der Waals surface area (Å²) >= 11 is 0. The fraction of sp³-hybridized carbons (Fsp3) is 0.385. The molecule has 8 nitrogen and oxygen atoms in total. The topological polar surface area (TPSA) is 118 Å². The number of nitrogens with two attached hydrogens (primary N) is 1. The minimum Gasteiger partial charge on any atom is -0.444 e. The Labute approximate surface area is 200 Å². The van der Waals surface area contributed by atoms with Crippen LogP contribution in [0.3, 0.4) is 0 Å². The van der Waals surface area contributed by atoms with Crippen LogP contribution in [0, 0.1) is 0 Å². The van der Waals surface area contributed by atoms with Crippen LogP contribution in [0.4, 0.5) is 4.79 Å². The third kappa shape index (κ3) is 7.60. The number of ether oxygens (including phenoxy) is 1. The first-order chi connectivity index (χ1) is 16.2. The molecular weight excluding hydrogens is 432 g/mol. The SMILES string of the molecule is CC(C)(C)OC(=O)NC(Cc1c[nH]c2ccccc12)C(=O)NOCCCc1ccc(CN)cc1. The molecule has 2 amide bonds. The minimum atomic E-state index is -0.863. The minimum absolute atomic E-state index is 0.284. The number of fused-ring (bicyclic) bond motifs is 1. The molecule has 0 aliphatic rings. The molecule has 1 aromatic heterocycles. The molecule has 0 aliphatic carbocycles. The lowest BCUT2D eigenvalue weighted by Crippen LogP contribution is -2.49. The summed E-state index contributed by atoms with van der Waals surface area (Å²) in [4.78, 5) is 33.9. The first kappa shape index (κ1) is 25.3. The highest BCUT2D eigenvalue weighted by Crippen LogP contribution is 2.19. The molecule has 0 spiro atoms. The van der Waals surface area contributed by atoms with Crippen LogP contribution in [0.1, 0.15) is 43.9 Å². The second kappa shape index (κ2) is 11.7. The van der Waals surface area contributed by atoms with E-state index in [1.54, 1.807) is 20.8 Å². The van der Waals surface area contributed by atoms with Crippen LogP contribution in [-0.2, 0) is 33.8 Å². The number of hydrogen-bond acceptors (Lipinski definition) is 5. The predicted octanol–water partition coefficient (Wildman–Crippen LogP) is 3.74. The molecule has 0 saturated heterocycles. The van der Waals surface area contributed by atoms with Gasteiger partial charge in [-0.2, -0.15) is 0 Å². The van der Waals surface area contributed by atoms with Gasteiger partial charge in [-0.3, -0.25) is 9.63 Å². The lowest BCUT2D eigenvalue weighted by Gasteiger charge is -2.23. The molecule has 5 N–H and O–H groups in total. The summed E-state index contributed by atoms with van der Waals surface area (Å²) in [7, 11) is 0. The number of H-pyrrole nitrogens is 1. The Hall–Kier alpha value is -3.36. The van der Waals surface area contributed by atoms with Crippen molar-refractivity contribution in [2.45, 2.75) is 58.2 Å². The van der Waals surface area contributed by atoms with E-state index in [-0.39, 0.29) is 6.42 Å². The fourth-order valence-electron chi connectivity index (χ4n) is 3.56. The van der Waals surface area contributed by atoms with Crippen molar-refractivity contribution in [3.8, 4) is 0 Å². The van der Waals surface area contributed by atoms with Crippen LogP contribution < -0.4 is 16.5 Å². The van der Waals surface area contributed by atoms with Gasteiger partial charge in [0, 0.05) is 30.1 Å². The number of hydrogen-bond donors (Lipinski definition) is 4. The smallest absolute Gasteiger partial charge is 0.408 e. The highest BCUT2D eigenvalue weighted by Gasteiger charge is 2.26. The number of aromatic nitrogens is 1. The maximum atomic E-state index is 12.9. The van der Waals surface area contributed by atoms with E-state index in [0.29, 0.717) is 13.2 Å². The number of aryl methyl sites for hydroxylation is 1. The molecule has 1 atom stereocenters. The second-order valence-electron chi connectivity index (χ2n) is 9.20. The van der Waals surface area contributed by atoms with Gasteiger partial charge in [0.05, 0.1) is 6.61 Å². The monoisotopic (exact) mass is 466 g/mol. The average Bonchev–Trinajstić information content (AvgIpc) is 3.20. The lowest BCUT2D eigenvalue weighted by atomic mass is 10.0. The van der Waals surface area contributed by atoms with E-state index in [0.717, 1.165) is 34.9 Å². The van der Waals surface area contributed by atoms with Gasteiger partial charge in [-0.25, -0.2) is 10.3 Å². The molecule has 1 heterocycles. The number of carbonyl (C=O) groups is 2. The highest BCUT2D eigenvalue weighted by atomic mass is 16.7. The van der Waals surface area contributed by atoms with E-state index in [2.05, 4.69) is 15.8 Å². The Morgan fingerprint density at radius 1 is 1.06 bits per heavy atom.